The first-order valence-electron chi connectivity index (χ1n) is 7.24. The lowest BCUT2D eigenvalue weighted by Gasteiger charge is -2.35. The van der Waals surface area contributed by atoms with Gasteiger partial charge in [0.25, 0.3) is 0 Å². The van der Waals surface area contributed by atoms with E-state index in [1.54, 1.807) is 7.11 Å². The summed E-state index contributed by atoms with van der Waals surface area (Å²) in [7, 11) is 1.71. The van der Waals surface area contributed by atoms with E-state index in [4.69, 9.17) is 9.47 Å². The Balaban J connectivity index is 2.11. The fourth-order valence-corrected chi connectivity index (χ4v) is 2.72. The summed E-state index contributed by atoms with van der Waals surface area (Å²) in [6, 6.07) is 8.31. The number of hydrogen-bond donors (Lipinski definition) is 0. The predicted octanol–water partition coefficient (Wildman–Crippen LogP) is 2.26. The molecule has 110 valence electrons. The van der Waals surface area contributed by atoms with E-state index in [1.807, 2.05) is 19.1 Å². The van der Waals surface area contributed by atoms with Crippen LogP contribution in [0.1, 0.15) is 18.9 Å². The summed E-state index contributed by atoms with van der Waals surface area (Å²) in [6.45, 7) is 4.68. The molecule has 0 aliphatic carbocycles. The van der Waals surface area contributed by atoms with E-state index >= 15 is 0 Å². The number of ether oxygens (including phenoxy) is 2. The molecule has 0 saturated carbocycles. The molecule has 1 aliphatic rings. The second kappa shape index (κ2) is 7.29. The van der Waals surface area contributed by atoms with Crippen molar-refractivity contribution in [2.24, 2.45) is 5.92 Å². The molecular weight excluding hydrogens is 254 g/mol. The van der Waals surface area contributed by atoms with Gasteiger partial charge in [-0.25, -0.2) is 0 Å². The van der Waals surface area contributed by atoms with Crippen LogP contribution in [0.25, 0.3) is 0 Å². The molecule has 0 saturated heterocycles. The molecule has 4 nitrogen and oxygen atoms in total. The quantitative estimate of drug-likeness (QED) is 0.590. The molecule has 0 unspecified atom stereocenters. The second-order valence-corrected chi connectivity index (χ2v) is 5.07. The number of rotatable bonds is 6. The van der Waals surface area contributed by atoms with Gasteiger partial charge >= 0.3 is 5.97 Å². The third kappa shape index (κ3) is 3.51. The van der Waals surface area contributed by atoms with Gasteiger partial charge in [-0.05, 0) is 31.4 Å². The average Bonchev–Trinajstić information content (AvgIpc) is 2.47. The molecule has 20 heavy (non-hydrogen) atoms. The molecule has 4 heteroatoms. The van der Waals surface area contributed by atoms with Crippen molar-refractivity contribution >= 4 is 11.7 Å². The molecule has 0 aromatic heterocycles. The van der Waals surface area contributed by atoms with Crippen LogP contribution in [0.2, 0.25) is 0 Å². The van der Waals surface area contributed by atoms with Crippen LogP contribution >= 0.6 is 0 Å². The third-order valence-corrected chi connectivity index (χ3v) is 3.64. The minimum Gasteiger partial charge on any atom is -0.466 e. The molecule has 0 spiro atoms. The molecule has 2 rings (SSSR count). The number of carbonyl (C=O) groups is 1. The van der Waals surface area contributed by atoms with Gasteiger partial charge in [-0.15, -0.1) is 0 Å². The van der Waals surface area contributed by atoms with Crippen molar-refractivity contribution in [3.63, 3.8) is 0 Å². The number of nitrogens with zero attached hydrogens (tertiary/aromatic N) is 1. The van der Waals surface area contributed by atoms with Gasteiger partial charge in [0.05, 0.1) is 12.5 Å². The highest BCUT2D eigenvalue weighted by atomic mass is 16.5. The molecule has 0 radical (unpaired) electrons. The maximum Gasteiger partial charge on any atom is 0.311 e. The molecule has 1 aromatic carbocycles. The predicted molar refractivity (Wildman–Crippen MR) is 79.0 cm³/mol. The standard InChI is InChI=1S/C16H23NO3/c1-3-20-16(18)14-11-13-7-4-5-8-15(13)17(12-14)9-6-10-19-2/h4-5,7-8,14H,3,6,9-12H2,1-2H3/t14-/m1/s1. The van der Waals surface area contributed by atoms with E-state index in [0.29, 0.717) is 6.61 Å². The molecule has 1 aromatic rings. The van der Waals surface area contributed by atoms with Crippen LogP contribution in [0.3, 0.4) is 0 Å². The van der Waals surface area contributed by atoms with Crippen molar-refractivity contribution in [1.29, 1.82) is 0 Å². The van der Waals surface area contributed by atoms with Gasteiger partial charge in [0.15, 0.2) is 0 Å². The van der Waals surface area contributed by atoms with Gasteiger partial charge in [0.2, 0.25) is 0 Å². The normalized spacial score (nSPS) is 17.7. The summed E-state index contributed by atoms with van der Waals surface area (Å²) in [5.41, 5.74) is 2.47. The molecule has 0 bridgehead atoms. The van der Waals surface area contributed by atoms with Crippen LogP contribution in [0.15, 0.2) is 24.3 Å². The fourth-order valence-electron chi connectivity index (χ4n) is 2.72. The maximum absolute atomic E-state index is 12.0. The Morgan fingerprint density at radius 3 is 2.95 bits per heavy atom. The van der Waals surface area contributed by atoms with Gasteiger partial charge in [-0.1, -0.05) is 18.2 Å². The number of carbonyl (C=O) groups excluding carboxylic acids is 1. The first kappa shape index (κ1) is 14.9. The molecule has 0 amide bonds. The van der Waals surface area contributed by atoms with Gasteiger partial charge < -0.3 is 14.4 Å². The third-order valence-electron chi connectivity index (χ3n) is 3.64. The zero-order valence-corrected chi connectivity index (χ0v) is 12.3. The van der Waals surface area contributed by atoms with Crippen molar-refractivity contribution < 1.29 is 14.3 Å². The van der Waals surface area contributed by atoms with Crippen LogP contribution in [-0.4, -0.2) is 39.4 Å². The van der Waals surface area contributed by atoms with E-state index in [9.17, 15) is 4.79 Å². The van der Waals surface area contributed by atoms with E-state index in [0.717, 1.165) is 32.5 Å². The smallest absolute Gasteiger partial charge is 0.311 e. The van der Waals surface area contributed by atoms with Crippen molar-refractivity contribution in [2.75, 3.05) is 38.3 Å². The SMILES string of the molecule is CCOC(=O)[C@@H]1Cc2ccccc2N(CCCOC)C1. The maximum atomic E-state index is 12.0. The minimum absolute atomic E-state index is 0.0626. The molecule has 1 aliphatic heterocycles. The van der Waals surface area contributed by atoms with E-state index in [1.165, 1.54) is 11.3 Å². The van der Waals surface area contributed by atoms with Crippen molar-refractivity contribution in [3.8, 4) is 0 Å². The van der Waals surface area contributed by atoms with Crippen LogP contribution in [0, 0.1) is 5.92 Å². The van der Waals surface area contributed by atoms with Crippen LogP contribution in [0.4, 0.5) is 5.69 Å². The first-order chi connectivity index (χ1) is 9.76. The molecule has 0 N–H and O–H groups in total. The lowest BCUT2D eigenvalue weighted by Crippen LogP contribution is -2.40. The van der Waals surface area contributed by atoms with Crippen LogP contribution in [0.5, 0.6) is 0 Å². The first-order valence-corrected chi connectivity index (χ1v) is 7.24. The molecule has 1 heterocycles. The van der Waals surface area contributed by atoms with Gasteiger partial charge in [0.1, 0.15) is 0 Å². The van der Waals surface area contributed by atoms with E-state index < -0.39 is 0 Å². The number of anilines is 1. The number of para-hydroxylation sites is 1. The summed E-state index contributed by atoms with van der Waals surface area (Å²) in [4.78, 5) is 14.3. The highest BCUT2D eigenvalue weighted by Crippen LogP contribution is 2.30. The zero-order valence-electron chi connectivity index (χ0n) is 12.3. The van der Waals surface area contributed by atoms with E-state index in [2.05, 4.69) is 17.0 Å². The monoisotopic (exact) mass is 277 g/mol. The van der Waals surface area contributed by atoms with Crippen molar-refractivity contribution in [1.82, 2.24) is 0 Å². The minimum atomic E-state index is -0.0845. The highest BCUT2D eigenvalue weighted by molar-refractivity contribution is 5.75. The second-order valence-electron chi connectivity index (χ2n) is 5.07. The lowest BCUT2D eigenvalue weighted by molar-refractivity contribution is -0.147. The molecular formula is C16H23NO3. The zero-order chi connectivity index (χ0) is 14.4. The summed E-state index contributed by atoms with van der Waals surface area (Å²) in [5, 5.41) is 0. The fraction of sp³-hybridized carbons (Fsp3) is 0.562. The van der Waals surface area contributed by atoms with E-state index in [-0.39, 0.29) is 11.9 Å². The molecule has 1 atom stereocenters. The Bertz CT molecular complexity index is 447. The number of hydrogen-bond acceptors (Lipinski definition) is 4. The lowest BCUT2D eigenvalue weighted by atomic mass is 9.92. The Labute approximate surface area is 120 Å². The highest BCUT2D eigenvalue weighted by Gasteiger charge is 2.29. The van der Waals surface area contributed by atoms with Gasteiger partial charge in [-0.3, -0.25) is 4.79 Å². The largest absolute Gasteiger partial charge is 0.466 e. The number of fused-ring (bicyclic) bond motifs is 1. The van der Waals surface area contributed by atoms with Crippen LogP contribution in [-0.2, 0) is 20.7 Å². The van der Waals surface area contributed by atoms with Crippen molar-refractivity contribution in [2.45, 2.75) is 19.8 Å². The van der Waals surface area contributed by atoms with Gasteiger partial charge in [0, 0.05) is 32.5 Å². The Morgan fingerprint density at radius 1 is 1.40 bits per heavy atom. The summed E-state index contributed by atoms with van der Waals surface area (Å²) in [5.74, 6) is -0.147. The Morgan fingerprint density at radius 2 is 2.20 bits per heavy atom. The number of methoxy groups -OCH3 is 1. The van der Waals surface area contributed by atoms with Crippen molar-refractivity contribution in [3.05, 3.63) is 29.8 Å². The average molecular weight is 277 g/mol. The molecule has 0 fully saturated rings. The summed E-state index contributed by atoms with van der Waals surface area (Å²) >= 11 is 0. The number of benzene rings is 1. The Hall–Kier alpha value is -1.55. The summed E-state index contributed by atoms with van der Waals surface area (Å²) in [6.07, 6.45) is 1.73. The van der Waals surface area contributed by atoms with Crippen LogP contribution < -0.4 is 4.90 Å². The Kier molecular flexibility index (Phi) is 5.41. The topological polar surface area (TPSA) is 38.8 Å². The van der Waals surface area contributed by atoms with Gasteiger partial charge in [-0.2, -0.15) is 0 Å². The summed E-state index contributed by atoms with van der Waals surface area (Å²) < 4.78 is 10.3. The number of esters is 1.